The normalized spacial score (nSPS) is 11.9. The number of hydrogen-bond donors (Lipinski definition) is 1. The fourth-order valence-electron chi connectivity index (χ4n) is 2.73. The van der Waals surface area contributed by atoms with Gasteiger partial charge in [0.1, 0.15) is 5.75 Å². The minimum atomic E-state index is -0.340. The summed E-state index contributed by atoms with van der Waals surface area (Å²) >= 11 is 7.55. The Morgan fingerprint density at radius 3 is 2.76 bits per heavy atom. The van der Waals surface area contributed by atoms with E-state index in [9.17, 15) is 4.79 Å². The zero-order chi connectivity index (χ0) is 20.8. The van der Waals surface area contributed by atoms with Crippen LogP contribution in [0, 0.1) is 6.92 Å². The third-order valence-electron chi connectivity index (χ3n) is 4.29. The minimum Gasteiger partial charge on any atom is -0.481 e. The van der Waals surface area contributed by atoms with Gasteiger partial charge in [-0.15, -0.1) is 10.2 Å². The summed E-state index contributed by atoms with van der Waals surface area (Å²) in [5, 5.41) is 12.5. The Balaban J connectivity index is 1.56. The number of thioether (sulfide) groups is 1. The Kier molecular flexibility index (Phi) is 7.17. The van der Waals surface area contributed by atoms with Crippen molar-refractivity contribution < 1.29 is 9.53 Å². The maximum absolute atomic E-state index is 12.1. The third kappa shape index (κ3) is 5.74. The molecular weight excluding hydrogens is 408 g/mol. The molecule has 0 spiro atoms. The molecule has 152 valence electrons. The summed E-state index contributed by atoms with van der Waals surface area (Å²) in [6, 6.07) is 15.4. The number of aromatic nitrogens is 3. The first-order valence-electron chi connectivity index (χ1n) is 9.19. The molecule has 1 N–H and O–H groups in total. The molecule has 0 unspecified atom stereocenters. The van der Waals surface area contributed by atoms with E-state index >= 15 is 0 Å². The van der Waals surface area contributed by atoms with E-state index in [1.807, 2.05) is 74.0 Å². The molecule has 1 atom stereocenters. The predicted octanol–water partition coefficient (Wildman–Crippen LogP) is 4.33. The van der Waals surface area contributed by atoms with Crippen LogP contribution in [0.4, 0.5) is 0 Å². The van der Waals surface area contributed by atoms with Gasteiger partial charge in [0, 0.05) is 13.6 Å². The highest BCUT2D eigenvalue weighted by atomic mass is 35.5. The second kappa shape index (κ2) is 9.80. The molecule has 0 aliphatic rings. The maximum atomic E-state index is 12.1. The smallest absolute Gasteiger partial charge is 0.230 e. The molecule has 0 bridgehead atoms. The number of halogens is 1. The largest absolute Gasteiger partial charge is 0.481 e. The molecule has 0 aliphatic carbocycles. The number of aryl methyl sites for hydroxylation is 1. The molecule has 29 heavy (non-hydrogen) atoms. The van der Waals surface area contributed by atoms with E-state index < -0.39 is 0 Å². The summed E-state index contributed by atoms with van der Waals surface area (Å²) in [5.74, 6) is 1.48. The summed E-state index contributed by atoms with van der Waals surface area (Å²) in [4.78, 5) is 12.1. The lowest BCUT2D eigenvalue weighted by molar-refractivity contribution is -0.118. The molecule has 1 heterocycles. The number of carbonyl (C=O) groups is 1. The summed E-state index contributed by atoms with van der Waals surface area (Å²) in [6.45, 7) is 4.38. The lowest BCUT2D eigenvalue weighted by Gasteiger charge is -2.15. The first-order chi connectivity index (χ1) is 13.9. The van der Waals surface area contributed by atoms with E-state index in [-0.39, 0.29) is 17.8 Å². The van der Waals surface area contributed by atoms with E-state index in [1.54, 1.807) is 0 Å². The van der Waals surface area contributed by atoms with Gasteiger partial charge >= 0.3 is 0 Å². The highest BCUT2D eigenvalue weighted by Gasteiger charge is 2.19. The monoisotopic (exact) mass is 430 g/mol. The lowest BCUT2D eigenvalue weighted by Crippen LogP contribution is -2.24. The molecular formula is C21H23ClN4O2S. The number of ether oxygens (including phenoxy) is 1. The van der Waals surface area contributed by atoms with Crippen molar-refractivity contribution in [2.45, 2.75) is 31.7 Å². The highest BCUT2D eigenvalue weighted by Crippen LogP contribution is 2.30. The number of carbonyl (C=O) groups excluding carboxylic acids is 1. The van der Waals surface area contributed by atoms with Gasteiger partial charge in [-0.1, -0.05) is 59.8 Å². The van der Waals surface area contributed by atoms with Crippen LogP contribution in [-0.4, -0.2) is 26.4 Å². The molecule has 2 aromatic carbocycles. The Bertz CT molecular complexity index is 978. The summed E-state index contributed by atoms with van der Waals surface area (Å²) in [7, 11) is 1.86. The van der Waals surface area contributed by atoms with Gasteiger partial charge in [0.25, 0.3) is 0 Å². The van der Waals surface area contributed by atoms with Crippen molar-refractivity contribution in [1.29, 1.82) is 0 Å². The van der Waals surface area contributed by atoms with Gasteiger partial charge in [-0.25, -0.2) is 0 Å². The van der Waals surface area contributed by atoms with Gasteiger partial charge in [-0.3, -0.25) is 4.79 Å². The number of nitrogens with one attached hydrogen (secondary N) is 1. The molecule has 0 radical (unpaired) electrons. The maximum Gasteiger partial charge on any atom is 0.230 e. The Hall–Kier alpha value is -2.51. The van der Waals surface area contributed by atoms with Crippen LogP contribution < -0.4 is 10.1 Å². The van der Waals surface area contributed by atoms with Gasteiger partial charge in [-0.05, 0) is 37.1 Å². The zero-order valence-electron chi connectivity index (χ0n) is 16.6. The number of hydrogen-bond acceptors (Lipinski definition) is 5. The number of nitrogens with zero attached hydrogens (tertiary/aromatic N) is 3. The molecule has 3 aromatic rings. The Labute approximate surface area is 179 Å². The summed E-state index contributed by atoms with van der Waals surface area (Å²) in [5.41, 5.74) is 2.12. The van der Waals surface area contributed by atoms with Crippen LogP contribution in [0.3, 0.4) is 0 Å². The van der Waals surface area contributed by atoms with Crippen molar-refractivity contribution in [3.8, 4) is 5.75 Å². The van der Waals surface area contributed by atoms with Gasteiger partial charge in [0.2, 0.25) is 5.91 Å². The second-order valence-electron chi connectivity index (χ2n) is 6.64. The van der Waals surface area contributed by atoms with Gasteiger partial charge in [-0.2, -0.15) is 0 Å². The second-order valence-corrected chi connectivity index (χ2v) is 7.99. The fourth-order valence-corrected chi connectivity index (χ4v) is 3.64. The van der Waals surface area contributed by atoms with E-state index in [0.717, 1.165) is 11.1 Å². The first-order valence-corrected chi connectivity index (χ1v) is 10.6. The molecule has 0 fully saturated rings. The Morgan fingerprint density at radius 1 is 1.24 bits per heavy atom. The molecule has 3 rings (SSSR count). The molecule has 0 saturated heterocycles. The zero-order valence-corrected chi connectivity index (χ0v) is 18.1. The molecule has 6 nitrogen and oxygen atoms in total. The molecule has 8 heteroatoms. The van der Waals surface area contributed by atoms with E-state index in [4.69, 9.17) is 16.3 Å². The minimum absolute atomic E-state index is 0.0563. The predicted molar refractivity (Wildman–Crippen MR) is 115 cm³/mol. The van der Waals surface area contributed by atoms with Crippen molar-refractivity contribution in [2.75, 3.05) is 5.75 Å². The quantitative estimate of drug-likeness (QED) is 0.539. The van der Waals surface area contributed by atoms with Crippen LogP contribution in [-0.2, 0) is 18.4 Å². The summed E-state index contributed by atoms with van der Waals surface area (Å²) < 4.78 is 7.81. The van der Waals surface area contributed by atoms with E-state index in [1.165, 1.54) is 11.8 Å². The number of benzene rings is 2. The average molecular weight is 431 g/mol. The van der Waals surface area contributed by atoms with Crippen molar-refractivity contribution in [1.82, 2.24) is 20.1 Å². The van der Waals surface area contributed by atoms with Crippen molar-refractivity contribution in [2.24, 2.45) is 7.05 Å². The van der Waals surface area contributed by atoms with Gasteiger partial charge < -0.3 is 14.6 Å². The first kappa shape index (κ1) is 21.2. The van der Waals surface area contributed by atoms with Crippen molar-refractivity contribution >= 4 is 29.3 Å². The van der Waals surface area contributed by atoms with Gasteiger partial charge in [0.15, 0.2) is 17.1 Å². The van der Waals surface area contributed by atoms with Crippen molar-refractivity contribution in [3.05, 3.63) is 70.5 Å². The average Bonchev–Trinajstić information content (AvgIpc) is 3.09. The van der Waals surface area contributed by atoms with Crippen LogP contribution in [0.2, 0.25) is 5.02 Å². The summed E-state index contributed by atoms with van der Waals surface area (Å²) in [6.07, 6.45) is -0.340. The van der Waals surface area contributed by atoms with E-state index in [2.05, 4.69) is 15.5 Å². The highest BCUT2D eigenvalue weighted by molar-refractivity contribution is 7.99. The number of amides is 1. The van der Waals surface area contributed by atoms with Crippen LogP contribution in [0.25, 0.3) is 0 Å². The van der Waals surface area contributed by atoms with Crippen LogP contribution in [0.5, 0.6) is 5.75 Å². The van der Waals surface area contributed by atoms with Crippen LogP contribution >= 0.6 is 23.4 Å². The molecule has 1 aromatic heterocycles. The molecule has 0 saturated carbocycles. The molecule has 1 amide bonds. The lowest BCUT2D eigenvalue weighted by atomic mass is 10.2. The molecule has 0 aliphatic heterocycles. The standard InChI is InChI=1S/C21H23ClN4O2S/c1-14-9-10-17(22)18(11-14)28-15(2)20-24-25-21(26(20)3)29-13-19(27)23-12-16-7-5-4-6-8-16/h4-11,15H,12-13H2,1-3H3,(H,23,27)/t15-/m1/s1. The van der Waals surface area contributed by atoms with E-state index in [0.29, 0.717) is 28.3 Å². The third-order valence-corrected chi connectivity index (χ3v) is 5.62. The Morgan fingerprint density at radius 2 is 2.00 bits per heavy atom. The van der Waals surface area contributed by atoms with Crippen molar-refractivity contribution in [3.63, 3.8) is 0 Å². The topological polar surface area (TPSA) is 69.0 Å². The number of rotatable bonds is 8. The van der Waals surface area contributed by atoms with Crippen LogP contribution in [0.1, 0.15) is 30.0 Å². The van der Waals surface area contributed by atoms with Gasteiger partial charge in [0.05, 0.1) is 10.8 Å². The SMILES string of the molecule is Cc1ccc(Cl)c(O[C@H](C)c2nnc(SCC(=O)NCc3ccccc3)n2C)c1. The fraction of sp³-hybridized carbons (Fsp3) is 0.286. The van der Waals surface area contributed by atoms with Crippen LogP contribution in [0.15, 0.2) is 53.7 Å².